The summed E-state index contributed by atoms with van der Waals surface area (Å²) in [5, 5.41) is 6.21. The predicted molar refractivity (Wildman–Crippen MR) is 67.9 cm³/mol. The van der Waals surface area contributed by atoms with Crippen LogP contribution in [0.2, 0.25) is 0 Å². The second kappa shape index (κ2) is 5.27. The summed E-state index contributed by atoms with van der Waals surface area (Å²) in [5.41, 5.74) is 2.67. The minimum absolute atomic E-state index is 0.0875. The van der Waals surface area contributed by atoms with Crippen molar-refractivity contribution in [2.75, 3.05) is 18.4 Å². The van der Waals surface area contributed by atoms with Crippen LogP contribution in [-0.2, 0) is 4.79 Å². The van der Waals surface area contributed by atoms with Gasteiger partial charge >= 0.3 is 0 Å². The minimum atomic E-state index is 0.0875. The summed E-state index contributed by atoms with van der Waals surface area (Å²) in [6.45, 7) is 5.67. The van der Waals surface area contributed by atoms with Crippen molar-refractivity contribution in [2.24, 2.45) is 5.92 Å². The van der Waals surface area contributed by atoms with Crippen molar-refractivity contribution in [3.8, 4) is 0 Å². The number of nitrogens with zero attached hydrogens (tertiary/aromatic N) is 1. The summed E-state index contributed by atoms with van der Waals surface area (Å²) in [5.74, 6) is 0.190. The van der Waals surface area contributed by atoms with Gasteiger partial charge in [-0.05, 0) is 45.4 Å². The van der Waals surface area contributed by atoms with E-state index in [2.05, 4.69) is 15.6 Å². The lowest BCUT2D eigenvalue weighted by Gasteiger charge is -2.22. The van der Waals surface area contributed by atoms with Crippen molar-refractivity contribution in [3.63, 3.8) is 0 Å². The van der Waals surface area contributed by atoms with Crippen LogP contribution in [0.5, 0.6) is 0 Å². The molecule has 2 rings (SSSR count). The van der Waals surface area contributed by atoms with Gasteiger partial charge in [-0.2, -0.15) is 0 Å². The molecule has 1 aliphatic rings. The highest BCUT2D eigenvalue weighted by Gasteiger charge is 2.21. The normalized spacial score (nSPS) is 20.0. The van der Waals surface area contributed by atoms with E-state index in [1.54, 1.807) is 0 Å². The maximum absolute atomic E-state index is 12.0. The van der Waals surface area contributed by atoms with E-state index >= 15 is 0 Å². The van der Waals surface area contributed by atoms with Gasteiger partial charge in [0.1, 0.15) is 0 Å². The Morgan fingerprint density at radius 2 is 2.29 bits per heavy atom. The van der Waals surface area contributed by atoms with Crippen LogP contribution in [0.25, 0.3) is 0 Å². The highest BCUT2D eigenvalue weighted by Crippen LogP contribution is 2.16. The summed E-state index contributed by atoms with van der Waals surface area (Å²) in [4.78, 5) is 16.4. The lowest BCUT2D eigenvalue weighted by molar-refractivity contribution is -0.120. The van der Waals surface area contributed by atoms with Gasteiger partial charge in [0.05, 0.1) is 17.3 Å². The largest absolute Gasteiger partial charge is 0.324 e. The number of aryl methyl sites for hydroxylation is 2. The van der Waals surface area contributed by atoms with E-state index in [1.165, 1.54) is 0 Å². The van der Waals surface area contributed by atoms with Gasteiger partial charge in [-0.3, -0.25) is 9.78 Å². The van der Waals surface area contributed by atoms with Crippen LogP contribution in [0.4, 0.5) is 5.69 Å². The smallest absolute Gasteiger partial charge is 0.228 e. The van der Waals surface area contributed by atoms with Crippen molar-refractivity contribution >= 4 is 11.6 Å². The fraction of sp³-hybridized carbons (Fsp3) is 0.538. The predicted octanol–water partition coefficient (Wildman–Crippen LogP) is 1.64. The molecule has 1 aromatic heterocycles. The highest BCUT2D eigenvalue weighted by molar-refractivity contribution is 5.93. The van der Waals surface area contributed by atoms with Gasteiger partial charge in [0.2, 0.25) is 5.91 Å². The maximum atomic E-state index is 12.0. The fourth-order valence-electron chi connectivity index (χ4n) is 2.13. The molecule has 1 aliphatic heterocycles. The zero-order valence-corrected chi connectivity index (χ0v) is 10.4. The molecule has 2 N–H and O–H groups in total. The third-order valence-corrected chi connectivity index (χ3v) is 3.15. The number of rotatable bonds is 2. The molecule has 4 heteroatoms. The van der Waals surface area contributed by atoms with Crippen LogP contribution in [-0.4, -0.2) is 24.0 Å². The summed E-state index contributed by atoms with van der Waals surface area (Å²) in [7, 11) is 0. The van der Waals surface area contributed by atoms with Gasteiger partial charge in [0.25, 0.3) is 0 Å². The summed E-state index contributed by atoms with van der Waals surface area (Å²) in [6.07, 6.45) is 2.04. The molecular weight excluding hydrogens is 214 g/mol. The molecule has 0 radical (unpaired) electrons. The molecule has 4 nitrogen and oxygen atoms in total. The first kappa shape index (κ1) is 12.0. The van der Waals surface area contributed by atoms with Gasteiger partial charge in [-0.25, -0.2) is 0 Å². The average molecular weight is 233 g/mol. The molecule has 1 atom stereocenters. The molecule has 1 saturated heterocycles. The first-order chi connectivity index (χ1) is 8.16. The molecule has 1 aromatic rings. The van der Waals surface area contributed by atoms with Crippen LogP contribution < -0.4 is 10.6 Å². The van der Waals surface area contributed by atoms with Gasteiger partial charge < -0.3 is 10.6 Å². The van der Waals surface area contributed by atoms with Crippen molar-refractivity contribution in [3.05, 3.63) is 23.5 Å². The van der Waals surface area contributed by atoms with E-state index in [0.717, 1.165) is 43.0 Å². The Labute approximate surface area is 102 Å². The summed E-state index contributed by atoms with van der Waals surface area (Å²) in [6, 6.07) is 3.84. The van der Waals surface area contributed by atoms with Crippen LogP contribution in [0, 0.1) is 19.8 Å². The molecule has 0 bridgehead atoms. The Morgan fingerprint density at radius 3 is 2.94 bits per heavy atom. The number of amides is 1. The van der Waals surface area contributed by atoms with Crippen LogP contribution in [0.15, 0.2) is 12.1 Å². The average Bonchev–Trinajstić information content (AvgIpc) is 2.34. The monoisotopic (exact) mass is 233 g/mol. The molecule has 1 fully saturated rings. The topological polar surface area (TPSA) is 54.0 Å². The Kier molecular flexibility index (Phi) is 3.74. The molecule has 1 unspecified atom stereocenters. The standard InChI is InChI=1S/C13H19N3O/c1-9-5-6-12(10(2)15-9)16-13(17)11-4-3-7-14-8-11/h5-6,11,14H,3-4,7-8H2,1-2H3,(H,16,17). The van der Waals surface area contributed by atoms with E-state index in [1.807, 2.05) is 26.0 Å². The molecule has 92 valence electrons. The van der Waals surface area contributed by atoms with Crippen LogP contribution >= 0.6 is 0 Å². The van der Waals surface area contributed by atoms with Crippen molar-refractivity contribution in [2.45, 2.75) is 26.7 Å². The van der Waals surface area contributed by atoms with E-state index in [0.29, 0.717) is 0 Å². The number of carbonyl (C=O) groups excluding carboxylic acids is 1. The number of pyridine rings is 1. The molecule has 0 aromatic carbocycles. The van der Waals surface area contributed by atoms with E-state index < -0.39 is 0 Å². The molecular formula is C13H19N3O. The first-order valence-electron chi connectivity index (χ1n) is 6.12. The second-order valence-corrected chi connectivity index (χ2v) is 4.62. The van der Waals surface area contributed by atoms with Crippen LogP contribution in [0.3, 0.4) is 0 Å². The SMILES string of the molecule is Cc1ccc(NC(=O)C2CCCNC2)c(C)n1. The number of carbonyl (C=O) groups is 1. The number of piperidine rings is 1. The third kappa shape index (κ3) is 3.03. The highest BCUT2D eigenvalue weighted by atomic mass is 16.1. The van der Waals surface area contributed by atoms with Crippen LogP contribution in [0.1, 0.15) is 24.2 Å². The van der Waals surface area contributed by atoms with Gasteiger partial charge in [-0.1, -0.05) is 0 Å². The third-order valence-electron chi connectivity index (χ3n) is 3.15. The molecule has 0 spiro atoms. The molecule has 2 heterocycles. The zero-order valence-electron chi connectivity index (χ0n) is 10.4. The van der Waals surface area contributed by atoms with E-state index in [-0.39, 0.29) is 11.8 Å². The van der Waals surface area contributed by atoms with Crippen molar-refractivity contribution < 1.29 is 4.79 Å². The molecule has 0 aliphatic carbocycles. The molecule has 1 amide bonds. The minimum Gasteiger partial charge on any atom is -0.324 e. The quantitative estimate of drug-likeness (QED) is 0.816. The Morgan fingerprint density at radius 1 is 1.47 bits per heavy atom. The number of hydrogen-bond donors (Lipinski definition) is 2. The lowest BCUT2D eigenvalue weighted by Crippen LogP contribution is -2.37. The number of aromatic nitrogens is 1. The Hall–Kier alpha value is -1.42. The Balaban J connectivity index is 2.02. The second-order valence-electron chi connectivity index (χ2n) is 4.62. The molecule has 0 saturated carbocycles. The zero-order chi connectivity index (χ0) is 12.3. The van der Waals surface area contributed by atoms with E-state index in [9.17, 15) is 4.79 Å². The van der Waals surface area contributed by atoms with Crippen molar-refractivity contribution in [1.29, 1.82) is 0 Å². The number of hydrogen-bond acceptors (Lipinski definition) is 3. The van der Waals surface area contributed by atoms with Gasteiger partial charge in [0, 0.05) is 12.2 Å². The molecule has 17 heavy (non-hydrogen) atoms. The van der Waals surface area contributed by atoms with E-state index in [4.69, 9.17) is 0 Å². The van der Waals surface area contributed by atoms with Gasteiger partial charge in [-0.15, -0.1) is 0 Å². The number of anilines is 1. The maximum Gasteiger partial charge on any atom is 0.228 e. The Bertz CT molecular complexity index is 411. The summed E-state index contributed by atoms with van der Waals surface area (Å²) >= 11 is 0. The summed E-state index contributed by atoms with van der Waals surface area (Å²) < 4.78 is 0. The fourth-order valence-corrected chi connectivity index (χ4v) is 2.13. The van der Waals surface area contributed by atoms with Crippen molar-refractivity contribution in [1.82, 2.24) is 10.3 Å². The van der Waals surface area contributed by atoms with Gasteiger partial charge in [0.15, 0.2) is 0 Å². The first-order valence-corrected chi connectivity index (χ1v) is 6.12. The number of nitrogens with one attached hydrogen (secondary N) is 2. The lowest BCUT2D eigenvalue weighted by atomic mass is 9.99.